The van der Waals surface area contributed by atoms with Crippen LogP contribution in [0.4, 0.5) is 0 Å². The summed E-state index contributed by atoms with van der Waals surface area (Å²) in [5.74, 6) is 1.25. The SMILES string of the molecule is CSCCC(C)N(C)CCCCC(N)=S. The van der Waals surface area contributed by atoms with Crippen molar-refractivity contribution in [2.45, 2.75) is 38.6 Å². The minimum absolute atomic E-state index is 0.646. The van der Waals surface area contributed by atoms with E-state index in [2.05, 4.69) is 25.1 Å². The van der Waals surface area contributed by atoms with Crippen molar-refractivity contribution in [1.82, 2.24) is 4.90 Å². The number of nitrogens with two attached hydrogens (primary N) is 1. The van der Waals surface area contributed by atoms with Gasteiger partial charge in [0.25, 0.3) is 0 Å². The standard InChI is InChI=1S/C11H24N2S2/c1-10(7-9-15-3)13(2)8-5-4-6-11(12)14/h10H,4-9H2,1-3H3,(H2,12,14). The van der Waals surface area contributed by atoms with Crippen molar-refractivity contribution < 1.29 is 0 Å². The molecule has 0 saturated carbocycles. The zero-order chi connectivity index (χ0) is 11.7. The largest absolute Gasteiger partial charge is 0.393 e. The normalized spacial score (nSPS) is 13.1. The van der Waals surface area contributed by atoms with Crippen molar-refractivity contribution in [2.24, 2.45) is 5.73 Å². The van der Waals surface area contributed by atoms with E-state index in [1.54, 1.807) is 0 Å². The molecule has 0 saturated heterocycles. The van der Waals surface area contributed by atoms with E-state index in [1.165, 1.54) is 18.6 Å². The Balaban J connectivity index is 3.46. The number of thioether (sulfide) groups is 1. The molecule has 0 aliphatic rings. The summed E-state index contributed by atoms with van der Waals surface area (Å²) >= 11 is 6.76. The maximum Gasteiger partial charge on any atom is 0.0727 e. The molecule has 0 aliphatic heterocycles. The molecule has 4 heteroatoms. The van der Waals surface area contributed by atoms with Crippen molar-refractivity contribution in [3.05, 3.63) is 0 Å². The zero-order valence-corrected chi connectivity index (χ0v) is 11.8. The highest BCUT2D eigenvalue weighted by Gasteiger charge is 2.07. The van der Waals surface area contributed by atoms with Crippen LogP contribution in [-0.2, 0) is 0 Å². The first kappa shape index (κ1) is 15.2. The highest BCUT2D eigenvalue weighted by molar-refractivity contribution is 7.98. The molecule has 1 atom stereocenters. The lowest BCUT2D eigenvalue weighted by Crippen LogP contribution is -2.30. The number of rotatable bonds is 9. The van der Waals surface area contributed by atoms with Crippen LogP contribution in [0.25, 0.3) is 0 Å². The molecule has 0 aromatic heterocycles. The van der Waals surface area contributed by atoms with Gasteiger partial charge >= 0.3 is 0 Å². The highest BCUT2D eigenvalue weighted by Crippen LogP contribution is 2.07. The first-order valence-corrected chi connectivity index (χ1v) is 7.35. The van der Waals surface area contributed by atoms with Gasteiger partial charge in [-0.1, -0.05) is 12.2 Å². The van der Waals surface area contributed by atoms with Crippen molar-refractivity contribution in [3.8, 4) is 0 Å². The molecule has 0 aromatic rings. The van der Waals surface area contributed by atoms with Gasteiger partial charge in [0.2, 0.25) is 0 Å². The summed E-state index contributed by atoms with van der Waals surface area (Å²) in [6, 6.07) is 0.683. The van der Waals surface area contributed by atoms with Crippen LogP contribution in [-0.4, -0.2) is 41.5 Å². The van der Waals surface area contributed by atoms with Crippen LogP contribution in [0.5, 0.6) is 0 Å². The van der Waals surface area contributed by atoms with E-state index >= 15 is 0 Å². The number of hydrogen-bond acceptors (Lipinski definition) is 3. The van der Waals surface area contributed by atoms with Crippen molar-refractivity contribution in [3.63, 3.8) is 0 Å². The second-order valence-electron chi connectivity index (χ2n) is 4.03. The minimum atomic E-state index is 0.646. The summed E-state index contributed by atoms with van der Waals surface area (Å²) in [6.07, 6.45) is 6.64. The molecular formula is C11H24N2S2. The van der Waals surface area contributed by atoms with E-state index in [9.17, 15) is 0 Å². The van der Waals surface area contributed by atoms with Crippen LogP contribution in [0, 0.1) is 0 Å². The summed E-state index contributed by atoms with van der Waals surface area (Å²) in [4.78, 5) is 3.07. The van der Waals surface area contributed by atoms with E-state index < -0.39 is 0 Å². The Bertz CT molecular complexity index is 174. The molecule has 0 fully saturated rings. The Hall–Kier alpha value is 0.200. The first-order chi connectivity index (χ1) is 7.07. The molecule has 0 rings (SSSR count). The summed E-state index contributed by atoms with van der Waals surface area (Å²) in [6.45, 7) is 3.45. The molecule has 0 bridgehead atoms. The summed E-state index contributed by atoms with van der Waals surface area (Å²) in [5, 5.41) is 0. The lowest BCUT2D eigenvalue weighted by atomic mass is 10.2. The van der Waals surface area contributed by atoms with Crippen molar-refractivity contribution in [1.29, 1.82) is 0 Å². The van der Waals surface area contributed by atoms with Crippen LogP contribution in [0.3, 0.4) is 0 Å². The van der Waals surface area contributed by atoms with Gasteiger partial charge < -0.3 is 10.6 Å². The number of thiocarbonyl (C=S) groups is 1. The van der Waals surface area contributed by atoms with Crippen LogP contribution < -0.4 is 5.73 Å². The molecule has 90 valence electrons. The molecule has 0 amide bonds. The van der Waals surface area contributed by atoms with Gasteiger partial charge in [-0.3, -0.25) is 0 Å². The molecule has 0 heterocycles. The molecule has 15 heavy (non-hydrogen) atoms. The Morgan fingerprint density at radius 1 is 1.47 bits per heavy atom. The van der Waals surface area contributed by atoms with Gasteiger partial charge in [0.05, 0.1) is 4.99 Å². The van der Waals surface area contributed by atoms with E-state index in [1.807, 2.05) is 11.8 Å². The lowest BCUT2D eigenvalue weighted by molar-refractivity contribution is 0.249. The molecule has 1 unspecified atom stereocenters. The van der Waals surface area contributed by atoms with Gasteiger partial charge in [0, 0.05) is 6.04 Å². The second-order valence-corrected chi connectivity index (χ2v) is 5.54. The fourth-order valence-corrected chi connectivity index (χ4v) is 2.11. The third-order valence-electron chi connectivity index (χ3n) is 2.68. The quantitative estimate of drug-likeness (QED) is 0.501. The molecule has 2 N–H and O–H groups in total. The average Bonchev–Trinajstić information content (AvgIpc) is 2.20. The van der Waals surface area contributed by atoms with Crippen LogP contribution in [0.2, 0.25) is 0 Å². The molecule has 0 aliphatic carbocycles. The zero-order valence-electron chi connectivity index (χ0n) is 10.2. The molecule has 0 radical (unpaired) electrons. The first-order valence-electron chi connectivity index (χ1n) is 5.55. The van der Waals surface area contributed by atoms with Gasteiger partial charge in [0.1, 0.15) is 0 Å². The number of hydrogen-bond donors (Lipinski definition) is 1. The fraction of sp³-hybridized carbons (Fsp3) is 0.909. The Morgan fingerprint density at radius 3 is 2.67 bits per heavy atom. The lowest BCUT2D eigenvalue weighted by Gasteiger charge is -2.24. The van der Waals surface area contributed by atoms with Crippen molar-refractivity contribution in [2.75, 3.05) is 25.6 Å². The van der Waals surface area contributed by atoms with Gasteiger partial charge in [-0.2, -0.15) is 11.8 Å². The third-order valence-corrected chi connectivity index (χ3v) is 3.52. The topological polar surface area (TPSA) is 29.3 Å². The Morgan fingerprint density at radius 2 is 2.13 bits per heavy atom. The van der Waals surface area contributed by atoms with Gasteiger partial charge in [0.15, 0.2) is 0 Å². The molecule has 0 aromatic carbocycles. The number of unbranched alkanes of at least 4 members (excludes halogenated alkanes) is 1. The summed E-state index contributed by atoms with van der Waals surface area (Å²) < 4.78 is 0. The van der Waals surface area contributed by atoms with E-state index in [4.69, 9.17) is 18.0 Å². The van der Waals surface area contributed by atoms with Crippen LogP contribution in [0.1, 0.15) is 32.6 Å². The van der Waals surface area contributed by atoms with E-state index in [-0.39, 0.29) is 0 Å². The summed E-state index contributed by atoms with van der Waals surface area (Å²) in [7, 11) is 2.20. The highest BCUT2D eigenvalue weighted by atomic mass is 32.2. The maximum atomic E-state index is 5.45. The maximum absolute atomic E-state index is 5.45. The predicted octanol–water partition coefficient (Wildman–Crippen LogP) is 2.52. The minimum Gasteiger partial charge on any atom is -0.393 e. The summed E-state index contributed by atoms with van der Waals surface area (Å²) in [5.41, 5.74) is 5.45. The van der Waals surface area contributed by atoms with Gasteiger partial charge in [-0.15, -0.1) is 0 Å². The van der Waals surface area contributed by atoms with Crippen LogP contribution >= 0.6 is 24.0 Å². The van der Waals surface area contributed by atoms with E-state index in [0.29, 0.717) is 11.0 Å². The Labute approximate surface area is 104 Å². The fourth-order valence-electron chi connectivity index (χ4n) is 1.39. The van der Waals surface area contributed by atoms with Gasteiger partial charge in [-0.05, 0) is 58.2 Å². The molecular weight excluding hydrogens is 224 g/mol. The predicted molar refractivity (Wildman–Crippen MR) is 75.7 cm³/mol. The molecule has 2 nitrogen and oxygen atoms in total. The smallest absolute Gasteiger partial charge is 0.0727 e. The molecule has 0 spiro atoms. The van der Waals surface area contributed by atoms with E-state index in [0.717, 1.165) is 19.4 Å². The van der Waals surface area contributed by atoms with Gasteiger partial charge in [-0.25, -0.2) is 0 Å². The average molecular weight is 248 g/mol. The van der Waals surface area contributed by atoms with Crippen LogP contribution in [0.15, 0.2) is 0 Å². The van der Waals surface area contributed by atoms with Crippen molar-refractivity contribution >= 4 is 29.0 Å². The third kappa shape index (κ3) is 9.15. The second kappa shape index (κ2) is 9.43. The Kier molecular flexibility index (Phi) is 9.55. The monoisotopic (exact) mass is 248 g/mol. The number of nitrogens with zero attached hydrogens (tertiary/aromatic N) is 1.